The third-order valence-corrected chi connectivity index (χ3v) is 5.09. The Hall–Kier alpha value is -2.35. The van der Waals surface area contributed by atoms with Crippen LogP contribution in [0.2, 0.25) is 0 Å². The zero-order valence-electron chi connectivity index (χ0n) is 13.7. The standard InChI is InChI=1S/C21H19NOS/c1-2-3-8-16-9-7-12-18-20(24-17-10-5-4-6-11-17)14-13-19(21(16)18)22-15-23/h4-7,9-14H,2-3,8H2,1H3. The van der Waals surface area contributed by atoms with E-state index in [4.69, 9.17) is 0 Å². The topological polar surface area (TPSA) is 29.4 Å². The first-order valence-electron chi connectivity index (χ1n) is 8.19. The van der Waals surface area contributed by atoms with Gasteiger partial charge in [0.2, 0.25) is 6.08 Å². The zero-order valence-corrected chi connectivity index (χ0v) is 14.5. The van der Waals surface area contributed by atoms with Crippen LogP contribution in [-0.4, -0.2) is 6.08 Å². The average Bonchev–Trinajstić information content (AvgIpc) is 2.63. The minimum absolute atomic E-state index is 0.712. The van der Waals surface area contributed by atoms with Gasteiger partial charge >= 0.3 is 0 Å². The Bertz CT molecular complexity index is 883. The molecule has 3 aromatic rings. The Morgan fingerprint density at radius 1 is 1.00 bits per heavy atom. The van der Waals surface area contributed by atoms with Crippen LogP contribution in [0, 0.1) is 0 Å². The summed E-state index contributed by atoms with van der Waals surface area (Å²) in [6, 6.07) is 20.6. The molecule has 0 aliphatic carbocycles. The second-order valence-corrected chi connectivity index (χ2v) is 6.76. The zero-order chi connectivity index (χ0) is 16.8. The van der Waals surface area contributed by atoms with E-state index in [0.29, 0.717) is 5.69 Å². The first kappa shape index (κ1) is 16.5. The molecule has 0 spiro atoms. The molecule has 0 N–H and O–H groups in total. The van der Waals surface area contributed by atoms with Crippen LogP contribution in [-0.2, 0) is 11.2 Å². The number of isocyanates is 1. The molecule has 0 amide bonds. The summed E-state index contributed by atoms with van der Waals surface area (Å²) in [5.74, 6) is 0. The summed E-state index contributed by atoms with van der Waals surface area (Å²) >= 11 is 1.74. The van der Waals surface area contributed by atoms with Crippen molar-refractivity contribution in [2.45, 2.75) is 36.0 Å². The molecule has 24 heavy (non-hydrogen) atoms. The average molecular weight is 333 g/mol. The van der Waals surface area contributed by atoms with Gasteiger partial charge in [0.15, 0.2) is 0 Å². The van der Waals surface area contributed by atoms with Gasteiger partial charge in [-0.2, -0.15) is 4.99 Å². The molecule has 3 aromatic carbocycles. The Kier molecular flexibility index (Phi) is 5.47. The van der Waals surface area contributed by atoms with E-state index in [9.17, 15) is 4.79 Å². The molecule has 0 aliphatic heterocycles. The molecule has 3 heteroatoms. The highest BCUT2D eigenvalue weighted by atomic mass is 32.2. The molecule has 2 nitrogen and oxygen atoms in total. The second-order valence-electron chi connectivity index (χ2n) is 5.64. The molecular formula is C21H19NOS. The highest BCUT2D eigenvalue weighted by molar-refractivity contribution is 7.99. The fourth-order valence-electron chi connectivity index (χ4n) is 2.86. The SMILES string of the molecule is CCCCc1cccc2c(Sc3ccccc3)ccc(N=C=O)c12. The first-order chi connectivity index (χ1) is 11.8. The van der Waals surface area contributed by atoms with Crippen molar-refractivity contribution in [1.82, 2.24) is 0 Å². The predicted octanol–water partition coefficient (Wildman–Crippen LogP) is 6.30. The van der Waals surface area contributed by atoms with Crippen LogP contribution in [0.1, 0.15) is 25.3 Å². The molecule has 0 aliphatic rings. The second kappa shape index (κ2) is 7.96. The number of nitrogens with zero attached hydrogens (tertiary/aromatic N) is 1. The van der Waals surface area contributed by atoms with Gasteiger partial charge in [-0.15, -0.1) is 0 Å². The summed E-state index contributed by atoms with van der Waals surface area (Å²) in [4.78, 5) is 17.1. The molecule has 0 heterocycles. The molecule has 3 rings (SSSR count). The fourth-order valence-corrected chi connectivity index (χ4v) is 3.82. The van der Waals surface area contributed by atoms with Gasteiger partial charge in [-0.25, -0.2) is 4.79 Å². The number of benzene rings is 3. The minimum atomic E-state index is 0.712. The summed E-state index contributed by atoms with van der Waals surface area (Å²) in [5, 5.41) is 2.23. The lowest BCUT2D eigenvalue weighted by Crippen LogP contribution is -1.89. The van der Waals surface area contributed by atoms with Crippen molar-refractivity contribution in [2.75, 3.05) is 0 Å². The van der Waals surface area contributed by atoms with E-state index in [1.54, 1.807) is 17.8 Å². The number of rotatable bonds is 6. The lowest BCUT2D eigenvalue weighted by atomic mass is 9.99. The Balaban J connectivity index is 2.14. The molecule has 0 atom stereocenters. The largest absolute Gasteiger partial charge is 0.240 e. The highest BCUT2D eigenvalue weighted by Crippen LogP contribution is 2.39. The predicted molar refractivity (Wildman–Crippen MR) is 101 cm³/mol. The van der Waals surface area contributed by atoms with Gasteiger partial charge in [-0.1, -0.05) is 61.5 Å². The summed E-state index contributed by atoms with van der Waals surface area (Å²) in [7, 11) is 0. The molecule has 0 bridgehead atoms. The molecule has 0 saturated carbocycles. The van der Waals surface area contributed by atoms with Gasteiger partial charge in [-0.05, 0) is 48.1 Å². The molecule has 0 radical (unpaired) electrons. The maximum Gasteiger partial charge on any atom is 0.240 e. The third-order valence-electron chi connectivity index (χ3n) is 4.00. The van der Waals surface area contributed by atoms with Gasteiger partial charge < -0.3 is 0 Å². The highest BCUT2D eigenvalue weighted by Gasteiger charge is 2.11. The Morgan fingerprint density at radius 2 is 1.83 bits per heavy atom. The van der Waals surface area contributed by atoms with Gasteiger partial charge in [-0.3, -0.25) is 0 Å². The summed E-state index contributed by atoms with van der Waals surface area (Å²) in [6.45, 7) is 2.19. The van der Waals surface area contributed by atoms with Crippen LogP contribution in [0.3, 0.4) is 0 Å². The number of hydrogen-bond acceptors (Lipinski definition) is 3. The van der Waals surface area contributed by atoms with E-state index >= 15 is 0 Å². The summed E-state index contributed by atoms with van der Waals surface area (Å²) in [6.07, 6.45) is 4.96. The van der Waals surface area contributed by atoms with Gasteiger partial charge in [0.1, 0.15) is 0 Å². The maximum atomic E-state index is 10.8. The summed E-state index contributed by atoms with van der Waals surface area (Å²) in [5.41, 5.74) is 1.96. The maximum absolute atomic E-state index is 10.8. The van der Waals surface area contributed by atoms with Crippen LogP contribution < -0.4 is 0 Å². The van der Waals surface area contributed by atoms with Crippen molar-refractivity contribution >= 4 is 34.3 Å². The van der Waals surface area contributed by atoms with E-state index in [2.05, 4.69) is 42.2 Å². The third kappa shape index (κ3) is 3.59. The van der Waals surface area contributed by atoms with E-state index in [1.807, 2.05) is 30.3 Å². The van der Waals surface area contributed by atoms with Crippen molar-refractivity contribution in [2.24, 2.45) is 4.99 Å². The van der Waals surface area contributed by atoms with Crippen LogP contribution in [0.4, 0.5) is 5.69 Å². The van der Waals surface area contributed by atoms with Gasteiger partial charge in [0.05, 0.1) is 5.69 Å². The minimum Gasteiger partial charge on any atom is -0.211 e. The van der Waals surface area contributed by atoms with E-state index in [0.717, 1.165) is 30.0 Å². The first-order valence-corrected chi connectivity index (χ1v) is 9.00. The molecular weight excluding hydrogens is 314 g/mol. The van der Waals surface area contributed by atoms with Crippen LogP contribution in [0.5, 0.6) is 0 Å². The van der Waals surface area contributed by atoms with Crippen molar-refractivity contribution in [3.05, 3.63) is 66.2 Å². The Labute approximate surface area is 146 Å². The van der Waals surface area contributed by atoms with Crippen LogP contribution in [0.25, 0.3) is 10.8 Å². The van der Waals surface area contributed by atoms with Crippen molar-refractivity contribution in [3.8, 4) is 0 Å². The van der Waals surface area contributed by atoms with Crippen molar-refractivity contribution in [3.63, 3.8) is 0 Å². The van der Waals surface area contributed by atoms with E-state index in [1.165, 1.54) is 15.4 Å². The van der Waals surface area contributed by atoms with E-state index < -0.39 is 0 Å². The molecule has 0 fully saturated rings. The van der Waals surface area contributed by atoms with Gasteiger partial charge in [0.25, 0.3) is 0 Å². The molecule has 0 saturated heterocycles. The lowest BCUT2D eigenvalue weighted by molar-refractivity contribution is 0.565. The molecule has 120 valence electrons. The molecule has 0 unspecified atom stereocenters. The quantitative estimate of drug-likeness (QED) is 0.391. The van der Waals surface area contributed by atoms with Gasteiger partial charge in [0, 0.05) is 15.2 Å². The van der Waals surface area contributed by atoms with Crippen LogP contribution in [0.15, 0.2) is 75.4 Å². The molecule has 0 aromatic heterocycles. The number of carbonyl (C=O) groups excluding carboxylic acids is 1. The number of fused-ring (bicyclic) bond motifs is 1. The Morgan fingerprint density at radius 3 is 2.58 bits per heavy atom. The normalized spacial score (nSPS) is 10.5. The number of aliphatic imine (C=N–C) groups is 1. The summed E-state index contributed by atoms with van der Waals surface area (Å²) < 4.78 is 0. The number of unbranched alkanes of at least 4 members (excludes halogenated alkanes) is 1. The van der Waals surface area contributed by atoms with E-state index in [-0.39, 0.29) is 0 Å². The number of hydrogen-bond donors (Lipinski definition) is 0. The lowest BCUT2D eigenvalue weighted by Gasteiger charge is -2.12. The van der Waals surface area contributed by atoms with Crippen LogP contribution >= 0.6 is 11.8 Å². The fraction of sp³-hybridized carbons (Fsp3) is 0.190. The smallest absolute Gasteiger partial charge is 0.211 e. The monoisotopic (exact) mass is 333 g/mol. The number of aryl methyl sites for hydroxylation is 1. The van der Waals surface area contributed by atoms with Crippen molar-refractivity contribution < 1.29 is 4.79 Å². The van der Waals surface area contributed by atoms with Crippen molar-refractivity contribution in [1.29, 1.82) is 0 Å².